The number of carbonyl (C=O) groups excluding carboxylic acids is 2. The van der Waals surface area contributed by atoms with E-state index in [4.69, 9.17) is 4.74 Å². The number of aliphatic hydroxyl groups excluding tert-OH is 1. The molecule has 1 fully saturated rings. The van der Waals surface area contributed by atoms with Crippen LogP contribution in [0.4, 0.5) is 0 Å². The largest absolute Gasteiger partial charge is 0.481 e. The number of carbonyl (C=O) groups is 2. The number of fused-ring (bicyclic) bond motifs is 1. The van der Waals surface area contributed by atoms with Gasteiger partial charge in [0, 0.05) is 50.1 Å². The molecule has 0 aromatic carbocycles. The number of nitrogens with zero attached hydrogens (tertiary/aromatic N) is 4. The lowest BCUT2D eigenvalue weighted by molar-refractivity contribution is -0.131. The normalized spacial score (nSPS) is 20.8. The Bertz CT molecular complexity index is 984. The van der Waals surface area contributed by atoms with Crippen molar-refractivity contribution in [1.82, 2.24) is 25.1 Å². The summed E-state index contributed by atoms with van der Waals surface area (Å²) in [5, 5.41) is 13.1. The van der Waals surface area contributed by atoms with Crippen molar-refractivity contribution in [1.29, 1.82) is 0 Å². The molecule has 9 heteroatoms. The van der Waals surface area contributed by atoms with E-state index in [0.29, 0.717) is 55.2 Å². The molecule has 32 heavy (non-hydrogen) atoms. The molecule has 0 radical (unpaired) electrons. The van der Waals surface area contributed by atoms with Gasteiger partial charge >= 0.3 is 0 Å². The van der Waals surface area contributed by atoms with Crippen LogP contribution in [-0.4, -0.2) is 76.6 Å². The van der Waals surface area contributed by atoms with E-state index in [1.54, 1.807) is 17.2 Å². The van der Waals surface area contributed by atoms with Crippen LogP contribution in [0.5, 0.6) is 5.88 Å². The van der Waals surface area contributed by atoms with E-state index in [0.717, 1.165) is 12.2 Å². The zero-order valence-electron chi connectivity index (χ0n) is 18.5. The van der Waals surface area contributed by atoms with Gasteiger partial charge in [-0.15, -0.1) is 0 Å². The Morgan fingerprint density at radius 3 is 2.97 bits per heavy atom. The molecule has 0 unspecified atom stereocenters. The van der Waals surface area contributed by atoms with E-state index < -0.39 is 12.0 Å². The molecule has 2 amide bonds. The van der Waals surface area contributed by atoms with Gasteiger partial charge < -0.3 is 25.0 Å². The molecule has 0 bridgehead atoms. The second kappa shape index (κ2) is 9.62. The maximum Gasteiger partial charge on any atom is 0.256 e. The quantitative estimate of drug-likeness (QED) is 0.651. The molecule has 2 N–H and O–H groups in total. The van der Waals surface area contributed by atoms with Crippen LogP contribution in [-0.2, 0) is 24.3 Å². The molecule has 0 aliphatic carbocycles. The number of methoxy groups -OCH3 is 1. The fourth-order valence-corrected chi connectivity index (χ4v) is 4.26. The van der Waals surface area contributed by atoms with Crippen LogP contribution in [0.25, 0.3) is 0 Å². The Hall–Kier alpha value is -3.04. The Morgan fingerprint density at radius 2 is 2.22 bits per heavy atom. The van der Waals surface area contributed by atoms with Gasteiger partial charge in [-0.05, 0) is 31.7 Å². The number of aliphatic hydroxyl groups is 1. The summed E-state index contributed by atoms with van der Waals surface area (Å²) >= 11 is 0. The average molecular weight is 440 g/mol. The molecule has 2 atom stereocenters. The van der Waals surface area contributed by atoms with Crippen LogP contribution in [0.15, 0.2) is 30.5 Å². The van der Waals surface area contributed by atoms with Crippen molar-refractivity contribution in [2.45, 2.75) is 32.0 Å². The van der Waals surface area contributed by atoms with E-state index in [1.165, 1.54) is 7.11 Å². The number of hydrogen-bond acceptors (Lipinski definition) is 7. The van der Waals surface area contributed by atoms with Gasteiger partial charge in [-0.25, -0.2) is 4.98 Å². The molecule has 9 nitrogen and oxygen atoms in total. The SMILES string of the molecule is COc1nc2c(cc1CNC(=O)[C@@H]1CN(C)CC[C@@H]1O)C(=O)N(CCc1ccccn1)C2. The molecular formula is C23H29N5O4. The third-order valence-electron chi connectivity index (χ3n) is 6.13. The number of likely N-dealkylation sites (tertiary alicyclic amines) is 1. The van der Waals surface area contributed by atoms with Crippen LogP contribution >= 0.6 is 0 Å². The van der Waals surface area contributed by atoms with E-state index in [-0.39, 0.29) is 18.4 Å². The van der Waals surface area contributed by atoms with Crippen molar-refractivity contribution in [2.75, 3.05) is 33.8 Å². The van der Waals surface area contributed by atoms with Crippen molar-refractivity contribution < 1.29 is 19.4 Å². The number of nitrogens with one attached hydrogen (secondary N) is 1. The maximum absolute atomic E-state index is 12.9. The Labute approximate surface area is 187 Å². The van der Waals surface area contributed by atoms with E-state index in [9.17, 15) is 14.7 Å². The van der Waals surface area contributed by atoms with Crippen molar-refractivity contribution in [3.8, 4) is 5.88 Å². The second-order valence-corrected chi connectivity index (χ2v) is 8.39. The number of ether oxygens (including phenoxy) is 1. The molecule has 4 rings (SSSR count). The number of amides is 2. The van der Waals surface area contributed by atoms with Gasteiger partial charge in [0.05, 0.1) is 36.9 Å². The third kappa shape index (κ3) is 4.73. The highest BCUT2D eigenvalue weighted by Crippen LogP contribution is 2.27. The summed E-state index contributed by atoms with van der Waals surface area (Å²) in [4.78, 5) is 38.2. The third-order valence-corrected chi connectivity index (χ3v) is 6.13. The smallest absolute Gasteiger partial charge is 0.256 e. The lowest BCUT2D eigenvalue weighted by Gasteiger charge is -2.32. The molecule has 2 aliphatic heterocycles. The van der Waals surface area contributed by atoms with Gasteiger partial charge in [0.2, 0.25) is 11.8 Å². The van der Waals surface area contributed by atoms with Crippen molar-refractivity contribution in [3.63, 3.8) is 0 Å². The monoisotopic (exact) mass is 439 g/mol. The second-order valence-electron chi connectivity index (χ2n) is 8.39. The molecule has 0 spiro atoms. The number of hydrogen-bond donors (Lipinski definition) is 2. The number of pyridine rings is 2. The van der Waals surface area contributed by atoms with Crippen molar-refractivity contribution >= 4 is 11.8 Å². The highest BCUT2D eigenvalue weighted by atomic mass is 16.5. The minimum Gasteiger partial charge on any atom is -0.481 e. The van der Waals surface area contributed by atoms with Gasteiger partial charge in [0.25, 0.3) is 5.91 Å². The Morgan fingerprint density at radius 1 is 1.38 bits per heavy atom. The van der Waals surface area contributed by atoms with Gasteiger partial charge in [0.1, 0.15) is 0 Å². The summed E-state index contributed by atoms with van der Waals surface area (Å²) in [5.74, 6) is -0.381. The van der Waals surface area contributed by atoms with Crippen LogP contribution in [0, 0.1) is 5.92 Å². The summed E-state index contributed by atoms with van der Waals surface area (Å²) in [6, 6.07) is 7.50. The standard InChI is InChI=1S/C23H29N5O4/c1-27-9-7-20(29)18(13-27)21(30)25-12-15-11-17-19(26-22(15)32-2)14-28(23(17)31)10-6-16-5-3-4-8-24-16/h3-5,8,11,18,20,29H,6-7,9-10,12-14H2,1-2H3,(H,25,30)/t18-,20+/m1/s1. The predicted molar refractivity (Wildman–Crippen MR) is 117 cm³/mol. The number of piperidine rings is 1. The molecule has 4 heterocycles. The molecule has 2 aromatic rings. The highest BCUT2D eigenvalue weighted by molar-refractivity contribution is 5.98. The maximum atomic E-state index is 12.9. The topological polar surface area (TPSA) is 108 Å². The zero-order chi connectivity index (χ0) is 22.7. The lowest BCUT2D eigenvalue weighted by atomic mass is 9.94. The van der Waals surface area contributed by atoms with Gasteiger partial charge in [-0.1, -0.05) is 6.07 Å². The molecular weight excluding hydrogens is 410 g/mol. The minimum atomic E-state index is -0.652. The average Bonchev–Trinajstić information content (AvgIpc) is 3.12. The van der Waals surface area contributed by atoms with E-state index in [2.05, 4.69) is 15.3 Å². The van der Waals surface area contributed by atoms with E-state index in [1.807, 2.05) is 30.1 Å². The number of rotatable bonds is 7. The molecule has 2 aromatic heterocycles. The number of aromatic nitrogens is 2. The van der Waals surface area contributed by atoms with Crippen LogP contribution < -0.4 is 10.1 Å². The van der Waals surface area contributed by atoms with Crippen LogP contribution in [0.2, 0.25) is 0 Å². The van der Waals surface area contributed by atoms with Crippen molar-refractivity contribution in [2.24, 2.45) is 5.92 Å². The first kappa shape index (κ1) is 22.2. The van der Waals surface area contributed by atoms with Crippen LogP contribution in [0.1, 0.15) is 33.7 Å². The zero-order valence-corrected chi connectivity index (χ0v) is 18.5. The minimum absolute atomic E-state index is 0.0806. The summed E-state index contributed by atoms with van der Waals surface area (Å²) in [5.41, 5.74) is 2.78. The Kier molecular flexibility index (Phi) is 6.66. The molecule has 0 saturated carbocycles. The Balaban J connectivity index is 1.42. The molecule has 2 aliphatic rings. The summed E-state index contributed by atoms with van der Waals surface area (Å²) < 4.78 is 5.43. The van der Waals surface area contributed by atoms with Crippen LogP contribution in [0.3, 0.4) is 0 Å². The van der Waals surface area contributed by atoms with Crippen molar-refractivity contribution in [3.05, 3.63) is 53.0 Å². The summed E-state index contributed by atoms with van der Waals surface area (Å²) in [6.45, 7) is 2.43. The lowest BCUT2D eigenvalue weighted by Crippen LogP contribution is -2.48. The summed E-state index contributed by atoms with van der Waals surface area (Å²) in [6.07, 6.45) is 2.33. The molecule has 1 saturated heterocycles. The first-order chi connectivity index (χ1) is 15.5. The highest BCUT2D eigenvalue weighted by Gasteiger charge is 2.33. The van der Waals surface area contributed by atoms with Gasteiger partial charge in [-0.3, -0.25) is 14.6 Å². The van der Waals surface area contributed by atoms with E-state index >= 15 is 0 Å². The first-order valence-corrected chi connectivity index (χ1v) is 10.9. The molecule has 170 valence electrons. The first-order valence-electron chi connectivity index (χ1n) is 10.9. The fraction of sp³-hybridized carbons (Fsp3) is 0.478. The predicted octanol–water partition coefficient (Wildman–Crippen LogP) is 0.613. The van der Waals surface area contributed by atoms with Gasteiger partial charge in [0.15, 0.2) is 0 Å². The van der Waals surface area contributed by atoms with Gasteiger partial charge in [-0.2, -0.15) is 0 Å². The summed E-state index contributed by atoms with van der Waals surface area (Å²) in [7, 11) is 3.46. The fourth-order valence-electron chi connectivity index (χ4n) is 4.26.